The number of carbonyl (C=O) groups excluding carboxylic acids is 3. The second-order valence-electron chi connectivity index (χ2n) is 9.27. The van der Waals surface area contributed by atoms with Gasteiger partial charge in [-0.2, -0.15) is 0 Å². The zero-order valence-corrected chi connectivity index (χ0v) is 21.0. The number of hydrogen-bond acceptors (Lipinski definition) is 4. The second kappa shape index (κ2) is 10.5. The largest absolute Gasteiger partial charge is 0.340 e. The van der Waals surface area contributed by atoms with Crippen molar-refractivity contribution in [3.05, 3.63) is 99.8 Å². The topological polar surface area (TPSA) is 78.5 Å². The summed E-state index contributed by atoms with van der Waals surface area (Å²) < 4.78 is 0. The van der Waals surface area contributed by atoms with E-state index < -0.39 is 0 Å². The molecule has 1 saturated heterocycles. The monoisotopic (exact) mass is 499 g/mol. The second-order valence-corrected chi connectivity index (χ2v) is 10.2. The van der Waals surface area contributed by atoms with Crippen LogP contribution in [0.15, 0.2) is 78.2 Å². The Labute approximate surface area is 215 Å². The Morgan fingerprint density at radius 2 is 1.83 bits per heavy atom. The zero-order valence-electron chi connectivity index (χ0n) is 20.1. The number of fused-ring (bicyclic) bond motifs is 1. The van der Waals surface area contributed by atoms with E-state index in [1.807, 2.05) is 29.7 Å². The van der Waals surface area contributed by atoms with Gasteiger partial charge < -0.3 is 5.32 Å². The molecule has 0 spiro atoms. The highest BCUT2D eigenvalue weighted by atomic mass is 32.1. The maximum absolute atomic E-state index is 13.4. The molecule has 2 aliphatic rings. The van der Waals surface area contributed by atoms with E-state index in [-0.39, 0.29) is 35.6 Å². The molecule has 2 heterocycles. The molecule has 3 aromatic rings. The number of thiophene rings is 1. The van der Waals surface area contributed by atoms with Crippen LogP contribution in [0.4, 0.5) is 5.69 Å². The van der Waals surface area contributed by atoms with Crippen LogP contribution in [-0.2, 0) is 16.0 Å². The van der Waals surface area contributed by atoms with Gasteiger partial charge >= 0.3 is 0 Å². The molecule has 2 N–H and O–H groups in total. The number of anilines is 1. The van der Waals surface area contributed by atoms with E-state index in [2.05, 4.69) is 41.9 Å². The number of carbonyl (C=O) groups is 3. The first-order chi connectivity index (χ1) is 17.5. The highest BCUT2D eigenvalue weighted by Crippen LogP contribution is 2.33. The third kappa shape index (κ3) is 4.84. The van der Waals surface area contributed by atoms with E-state index in [1.54, 1.807) is 35.6 Å². The molecule has 5 rings (SSSR count). The molecule has 184 valence electrons. The van der Waals surface area contributed by atoms with Crippen molar-refractivity contribution in [1.29, 1.82) is 0 Å². The maximum atomic E-state index is 13.4. The number of nitrogens with zero attached hydrogens (tertiary/aromatic N) is 1. The van der Waals surface area contributed by atoms with Crippen molar-refractivity contribution >= 4 is 34.7 Å². The fraction of sp³-hybridized carbons (Fsp3) is 0.276. The molecular formula is C29H29N3O3S. The fourth-order valence-corrected chi connectivity index (χ4v) is 5.73. The summed E-state index contributed by atoms with van der Waals surface area (Å²) in [7, 11) is 0. The van der Waals surface area contributed by atoms with Gasteiger partial charge in [-0.05, 0) is 60.0 Å². The molecular weight excluding hydrogens is 470 g/mol. The lowest BCUT2D eigenvalue weighted by molar-refractivity contribution is -0.139. The quantitative estimate of drug-likeness (QED) is 0.440. The van der Waals surface area contributed by atoms with Gasteiger partial charge in [0.25, 0.3) is 5.91 Å². The van der Waals surface area contributed by atoms with Crippen molar-refractivity contribution in [1.82, 2.24) is 10.7 Å². The van der Waals surface area contributed by atoms with Crippen LogP contribution >= 0.6 is 11.3 Å². The number of amides is 3. The number of benzene rings is 2. The average Bonchev–Trinajstić information content (AvgIpc) is 3.45. The van der Waals surface area contributed by atoms with Gasteiger partial charge in [0.1, 0.15) is 0 Å². The normalized spacial score (nSPS) is 20.0. The molecule has 2 aromatic carbocycles. The summed E-state index contributed by atoms with van der Waals surface area (Å²) >= 11 is 1.59. The van der Waals surface area contributed by atoms with E-state index >= 15 is 0 Å². The zero-order chi connectivity index (χ0) is 25.1. The molecule has 0 radical (unpaired) electrons. The third-order valence-electron chi connectivity index (χ3n) is 6.85. The third-order valence-corrected chi connectivity index (χ3v) is 7.79. The minimum Gasteiger partial charge on any atom is -0.340 e. The number of allylic oxidation sites excluding steroid dienone is 2. The number of nitrogens with one attached hydrogen (secondary N) is 2. The smallest absolute Gasteiger partial charge is 0.252 e. The molecule has 6 nitrogen and oxygen atoms in total. The Morgan fingerprint density at radius 1 is 1.06 bits per heavy atom. The van der Waals surface area contributed by atoms with Gasteiger partial charge in [-0.1, -0.05) is 61.9 Å². The Balaban J connectivity index is 1.38. The summed E-state index contributed by atoms with van der Waals surface area (Å²) in [6.45, 7) is 2.16. The van der Waals surface area contributed by atoms with Crippen molar-refractivity contribution in [2.45, 2.75) is 38.6 Å². The van der Waals surface area contributed by atoms with E-state index in [0.717, 1.165) is 23.3 Å². The highest BCUT2D eigenvalue weighted by Gasteiger charge is 2.42. The molecule has 1 aromatic heterocycles. The SMILES string of the molecule is CCCc1ccc(C(NC(=O)c2cccc(N3NC(=O)C4CC=CCC4C3=O)c2)c2cccs2)cc1. The van der Waals surface area contributed by atoms with Gasteiger partial charge in [0.05, 0.1) is 23.6 Å². The number of hydrazine groups is 1. The lowest BCUT2D eigenvalue weighted by Gasteiger charge is -2.38. The first-order valence-corrected chi connectivity index (χ1v) is 13.3. The predicted octanol–water partition coefficient (Wildman–Crippen LogP) is 5.18. The van der Waals surface area contributed by atoms with Gasteiger partial charge in [-0.25, -0.2) is 5.01 Å². The fourth-order valence-electron chi connectivity index (χ4n) is 4.92. The van der Waals surface area contributed by atoms with E-state index in [0.29, 0.717) is 24.1 Å². The van der Waals surface area contributed by atoms with Crippen molar-refractivity contribution in [2.24, 2.45) is 11.8 Å². The van der Waals surface area contributed by atoms with Gasteiger partial charge in [0, 0.05) is 10.4 Å². The summed E-state index contributed by atoms with van der Waals surface area (Å²) in [6.07, 6.45) is 7.13. The molecule has 3 unspecified atom stereocenters. The Hall–Kier alpha value is -3.71. The van der Waals surface area contributed by atoms with E-state index in [9.17, 15) is 14.4 Å². The Bertz CT molecular complexity index is 1280. The van der Waals surface area contributed by atoms with Crippen LogP contribution in [-0.4, -0.2) is 17.7 Å². The summed E-state index contributed by atoms with van der Waals surface area (Å²) in [6, 6.07) is 18.9. The first kappa shape index (κ1) is 24.0. The van der Waals surface area contributed by atoms with Crippen molar-refractivity contribution in [3.8, 4) is 0 Å². The average molecular weight is 500 g/mol. The maximum Gasteiger partial charge on any atom is 0.252 e. The summed E-state index contributed by atoms with van der Waals surface area (Å²) in [5, 5.41) is 6.46. The van der Waals surface area contributed by atoms with Gasteiger partial charge in [-0.3, -0.25) is 19.8 Å². The summed E-state index contributed by atoms with van der Waals surface area (Å²) in [4.78, 5) is 40.3. The molecule has 1 aliphatic heterocycles. The Morgan fingerprint density at radius 3 is 2.56 bits per heavy atom. The lowest BCUT2D eigenvalue weighted by atomic mass is 9.80. The molecule has 36 heavy (non-hydrogen) atoms. The molecule has 7 heteroatoms. The van der Waals surface area contributed by atoms with Crippen LogP contribution < -0.4 is 15.8 Å². The molecule has 3 atom stereocenters. The number of hydrogen-bond donors (Lipinski definition) is 2. The minimum atomic E-state index is -0.375. The molecule has 1 fully saturated rings. The van der Waals surface area contributed by atoms with E-state index in [1.165, 1.54) is 10.6 Å². The lowest BCUT2D eigenvalue weighted by Crippen LogP contribution is -2.59. The molecule has 0 saturated carbocycles. The van der Waals surface area contributed by atoms with Crippen LogP contribution in [0.2, 0.25) is 0 Å². The van der Waals surface area contributed by atoms with Gasteiger partial charge in [0.15, 0.2) is 0 Å². The van der Waals surface area contributed by atoms with E-state index in [4.69, 9.17) is 0 Å². The number of rotatable bonds is 7. The van der Waals surface area contributed by atoms with Crippen LogP contribution in [0, 0.1) is 11.8 Å². The molecule has 1 aliphatic carbocycles. The van der Waals surface area contributed by atoms with Gasteiger partial charge in [0.2, 0.25) is 11.8 Å². The molecule has 0 bridgehead atoms. The minimum absolute atomic E-state index is 0.148. The predicted molar refractivity (Wildman–Crippen MR) is 141 cm³/mol. The van der Waals surface area contributed by atoms with Crippen LogP contribution in [0.3, 0.4) is 0 Å². The van der Waals surface area contributed by atoms with Crippen molar-refractivity contribution in [3.63, 3.8) is 0 Å². The molecule has 3 amide bonds. The summed E-state index contributed by atoms with van der Waals surface area (Å²) in [5.74, 6) is -1.27. The van der Waals surface area contributed by atoms with Crippen LogP contribution in [0.5, 0.6) is 0 Å². The van der Waals surface area contributed by atoms with Gasteiger partial charge in [-0.15, -0.1) is 11.3 Å². The summed E-state index contributed by atoms with van der Waals surface area (Å²) in [5.41, 5.74) is 5.91. The van der Waals surface area contributed by atoms with Crippen molar-refractivity contribution in [2.75, 3.05) is 5.01 Å². The Kier molecular flexibility index (Phi) is 7.00. The number of aryl methyl sites for hydroxylation is 1. The first-order valence-electron chi connectivity index (χ1n) is 12.4. The van der Waals surface area contributed by atoms with Crippen LogP contribution in [0.25, 0.3) is 0 Å². The van der Waals surface area contributed by atoms with Crippen molar-refractivity contribution < 1.29 is 14.4 Å². The van der Waals surface area contributed by atoms with Crippen LogP contribution in [0.1, 0.15) is 58.6 Å². The highest BCUT2D eigenvalue weighted by molar-refractivity contribution is 7.10. The standard InChI is InChI=1S/C29H29N3O3S/c1-2-7-19-13-15-20(16-14-19)26(25-12-6-17-36-25)30-27(33)21-8-5-9-22(18-21)32-29(35)24-11-4-3-10-23(24)28(34)31-32/h3-6,8-9,12-18,23-24,26H,2,7,10-11H2,1H3,(H,30,33)(H,31,34).